The van der Waals surface area contributed by atoms with Crippen LogP contribution in [-0.2, 0) is 84.2 Å². The van der Waals surface area contributed by atoms with Crippen molar-refractivity contribution >= 4 is 54.1 Å². The van der Waals surface area contributed by atoms with Crippen LogP contribution in [0, 0.1) is 0 Å². The van der Waals surface area contributed by atoms with E-state index in [1.54, 1.807) is 0 Å². The molecule has 58 valence electrons. The maximum atomic E-state index is 8.00. The van der Waals surface area contributed by atoms with Crippen molar-refractivity contribution in [2.75, 3.05) is 0 Å². The minimum Gasteiger partial charge on any atom is -2.00 e. The third-order valence-corrected chi connectivity index (χ3v) is 0. The summed E-state index contributed by atoms with van der Waals surface area (Å²) in [7, 11) is 0. The van der Waals surface area contributed by atoms with Crippen LogP contribution < -0.4 is 0 Å². The van der Waals surface area contributed by atoms with Crippen molar-refractivity contribution in [1.29, 1.82) is 0 Å². The van der Waals surface area contributed by atoms with Crippen molar-refractivity contribution in [1.82, 2.24) is 0 Å². The second-order valence-corrected chi connectivity index (χ2v) is 0. The minimum absolute atomic E-state index is 0. The molecular formula is C2H4Fe2O2S3. The Labute approximate surface area is 97.2 Å². The van der Waals surface area contributed by atoms with Crippen LogP contribution in [0.15, 0.2) is 0 Å². The van der Waals surface area contributed by atoms with Gasteiger partial charge in [-0.3, -0.25) is 0 Å². The molecule has 0 saturated heterocycles. The molecule has 2 nitrogen and oxygen atoms in total. The average Bonchev–Trinajstić information content (AvgIpc) is 1.50. The van der Waals surface area contributed by atoms with E-state index in [0.717, 1.165) is 0 Å². The molecule has 0 aliphatic rings. The van der Waals surface area contributed by atoms with Gasteiger partial charge in [-0.15, -0.1) is 0 Å². The number of hydrogen-bond donors (Lipinski definition) is 0. The van der Waals surface area contributed by atoms with Gasteiger partial charge >= 0.3 is 34.1 Å². The Balaban J connectivity index is -0.00000000114. The summed E-state index contributed by atoms with van der Waals surface area (Å²) in [6, 6.07) is 0. The quantitative estimate of drug-likeness (QED) is 0.561. The molecule has 0 spiro atoms. The molecule has 0 aliphatic carbocycles. The normalized spacial score (nSPS) is 0.889. The first kappa shape index (κ1) is 78.9. The zero-order valence-electron chi connectivity index (χ0n) is 4.16. The van der Waals surface area contributed by atoms with Gasteiger partial charge in [-0.05, 0) is 0 Å². The van der Waals surface area contributed by atoms with Crippen molar-refractivity contribution < 1.29 is 43.7 Å². The van der Waals surface area contributed by atoms with E-state index >= 15 is 0 Å². The summed E-state index contributed by atoms with van der Waals surface area (Å²) in [5.41, 5.74) is 0. The monoisotopic (exact) mass is 268 g/mol. The molecule has 2 radical (unpaired) electrons. The van der Waals surface area contributed by atoms with Gasteiger partial charge in [-0.1, -0.05) is 0 Å². The van der Waals surface area contributed by atoms with E-state index in [1.165, 1.54) is 0 Å². The molecule has 0 fully saturated rings. The zero-order valence-corrected chi connectivity index (χ0v) is 8.82. The molecule has 9 heavy (non-hydrogen) atoms. The molecule has 0 bridgehead atoms. The summed E-state index contributed by atoms with van der Waals surface area (Å²) in [5, 5.41) is 0. The van der Waals surface area contributed by atoms with Gasteiger partial charge in [0.15, 0.2) is 0 Å². The fourth-order valence-electron chi connectivity index (χ4n) is 0. The van der Waals surface area contributed by atoms with E-state index in [0.29, 0.717) is 0 Å². The molecule has 0 aromatic carbocycles. The second kappa shape index (κ2) is 328. The summed E-state index contributed by atoms with van der Waals surface area (Å²) >= 11 is 0. The van der Waals surface area contributed by atoms with Crippen LogP contribution in [0.2, 0.25) is 0 Å². The Hall–Kier alpha value is 1.43. The fourth-order valence-corrected chi connectivity index (χ4v) is 0. The van der Waals surface area contributed by atoms with Crippen molar-refractivity contribution in [3.8, 4) is 0 Å². The van der Waals surface area contributed by atoms with E-state index in [-0.39, 0.29) is 74.6 Å². The van der Waals surface area contributed by atoms with Gasteiger partial charge < -0.3 is 50.1 Å². The van der Waals surface area contributed by atoms with Crippen LogP contribution in [0.25, 0.3) is 0 Å². The molecule has 0 heterocycles. The Morgan fingerprint density at radius 3 is 0.556 bits per heavy atom. The van der Waals surface area contributed by atoms with Crippen LogP contribution in [0.5, 0.6) is 0 Å². The maximum absolute atomic E-state index is 8.00. The predicted octanol–water partition coefficient (Wildman–Crippen LogP) is -0.382. The molecule has 7 heteroatoms. The van der Waals surface area contributed by atoms with Crippen molar-refractivity contribution in [3.05, 3.63) is 0 Å². The molecule has 0 aliphatic heterocycles. The molecular weight excluding hydrogens is 264 g/mol. The van der Waals surface area contributed by atoms with Crippen LogP contribution >= 0.6 is 0 Å². The Bertz CT molecular complexity index is 19.8. The predicted molar refractivity (Wildman–Crippen MR) is 36.3 cm³/mol. The molecule has 0 aromatic heterocycles. The standard InChI is InChI=1S/2CH2O.2Fe.3S/c2*1-2;;;;;/h2*1H2;;;;;/q;;2*+3;3*-2. The fraction of sp³-hybridized carbons (Fsp3) is 0. The van der Waals surface area contributed by atoms with E-state index in [4.69, 9.17) is 9.59 Å². The Morgan fingerprint density at radius 1 is 0.556 bits per heavy atom. The van der Waals surface area contributed by atoms with Gasteiger partial charge in [0.1, 0.15) is 13.6 Å². The van der Waals surface area contributed by atoms with E-state index < -0.39 is 0 Å². The van der Waals surface area contributed by atoms with Crippen LogP contribution in [0.3, 0.4) is 0 Å². The first-order chi connectivity index (χ1) is 2.00. The number of carbonyl (C=O) groups is 2. The van der Waals surface area contributed by atoms with Gasteiger partial charge in [0.05, 0.1) is 0 Å². The molecule has 0 N–H and O–H groups in total. The third kappa shape index (κ3) is 255. The molecule has 0 amide bonds. The second-order valence-electron chi connectivity index (χ2n) is 0. The molecule has 0 rings (SSSR count). The van der Waals surface area contributed by atoms with E-state index in [9.17, 15) is 0 Å². The zero-order chi connectivity index (χ0) is 4.00. The van der Waals surface area contributed by atoms with E-state index in [2.05, 4.69) is 0 Å². The van der Waals surface area contributed by atoms with Gasteiger partial charge in [-0.25, -0.2) is 0 Å². The first-order valence-electron chi connectivity index (χ1n) is 0.577. The average molecular weight is 268 g/mol. The SMILES string of the molecule is C=O.C=O.[Fe+3].[Fe+3].[S-2].[S-2].[S-2]. The summed E-state index contributed by atoms with van der Waals surface area (Å²) in [6.07, 6.45) is 0. The number of rotatable bonds is 0. The van der Waals surface area contributed by atoms with Gasteiger partial charge in [0, 0.05) is 0 Å². The van der Waals surface area contributed by atoms with Crippen molar-refractivity contribution in [2.45, 2.75) is 0 Å². The first-order valence-corrected chi connectivity index (χ1v) is 0.577. The number of carbonyl (C=O) groups excluding carboxylic acids is 2. The van der Waals surface area contributed by atoms with Gasteiger partial charge in [0.25, 0.3) is 0 Å². The topological polar surface area (TPSA) is 34.1 Å². The van der Waals surface area contributed by atoms with Crippen molar-refractivity contribution in [3.63, 3.8) is 0 Å². The summed E-state index contributed by atoms with van der Waals surface area (Å²) < 4.78 is 0. The van der Waals surface area contributed by atoms with Gasteiger partial charge in [0.2, 0.25) is 0 Å². The number of hydrogen-bond acceptors (Lipinski definition) is 2. The molecule has 0 aromatic rings. The molecule has 0 unspecified atom stereocenters. The third-order valence-electron chi connectivity index (χ3n) is 0. The van der Waals surface area contributed by atoms with Crippen LogP contribution in [0.4, 0.5) is 0 Å². The summed E-state index contributed by atoms with van der Waals surface area (Å²) in [6.45, 7) is 4.00. The minimum atomic E-state index is 0. The Kier molecular flexibility index (Phi) is 2870. The largest absolute Gasteiger partial charge is 3.00 e. The summed E-state index contributed by atoms with van der Waals surface area (Å²) in [4.78, 5) is 16.0. The van der Waals surface area contributed by atoms with Gasteiger partial charge in [-0.2, -0.15) is 0 Å². The molecule has 0 saturated carbocycles. The van der Waals surface area contributed by atoms with E-state index in [1.807, 2.05) is 13.6 Å². The van der Waals surface area contributed by atoms with Crippen molar-refractivity contribution in [2.24, 2.45) is 0 Å². The maximum Gasteiger partial charge on any atom is 3.00 e. The Morgan fingerprint density at radius 2 is 0.556 bits per heavy atom. The summed E-state index contributed by atoms with van der Waals surface area (Å²) in [5.74, 6) is 0. The van der Waals surface area contributed by atoms with Crippen LogP contribution in [-0.4, -0.2) is 13.6 Å². The smallest absolute Gasteiger partial charge is 2.00 e. The molecule has 0 atom stereocenters. The van der Waals surface area contributed by atoms with Crippen LogP contribution in [0.1, 0.15) is 0 Å².